The third kappa shape index (κ3) is 5.31. The summed E-state index contributed by atoms with van der Waals surface area (Å²) in [4.78, 5) is 23.3. The molecule has 6 heteroatoms. The van der Waals surface area contributed by atoms with Crippen LogP contribution in [-0.4, -0.2) is 28.6 Å². The van der Waals surface area contributed by atoms with Gasteiger partial charge in [0.15, 0.2) is 12.9 Å². The van der Waals surface area contributed by atoms with E-state index in [1.165, 1.54) is 5.56 Å². The Kier molecular flexibility index (Phi) is 6.12. The number of benzene rings is 2. The molecule has 0 aliphatic carbocycles. The van der Waals surface area contributed by atoms with Crippen LogP contribution < -0.4 is 10.1 Å². The molecule has 0 saturated carbocycles. The van der Waals surface area contributed by atoms with Gasteiger partial charge < -0.3 is 10.1 Å². The number of aldehydes is 1. The van der Waals surface area contributed by atoms with Crippen molar-refractivity contribution in [3.63, 3.8) is 0 Å². The predicted molar refractivity (Wildman–Crippen MR) is 112 cm³/mol. The highest BCUT2D eigenvalue weighted by Crippen LogP contribution is 2.22. The highest BCUT2D eigenvalue weighted by Gasteiger charge is 2.14. The quantitative estimate of drug-likeness (QED) is 0.617. The molecule has 0 spiro atoms. The first-order chi connectivity index (χ1) is 13.9. The van der Waals surface area contributed by atoms with Crippen LogP contribution in [0.25, 0.3) is 0 Å². The molecule has 0 fully saturated rings. The summed E-state index contributed by atoms with van der Waals surface area (Å²) in [5, 5.41) is 7.10. The average molecular weight is 391 g/mol. The van der Waals surface area contributed by atoms with E-state index >= 15 is 0 Å². The maximum absolute atomic E-state index is 12.3. The number of carbonyl (C=O) groups excluding carboxylic acids is 2. The molecule has 3 rings (SSSR count). The number of hydrogen-bond acceptors (Lipinski definition) is 4. The highest BCUT2D eigenvalue weighted by atomic mass is 16.5. The van der Waals surface area contributed by atoms with Crippen molar-refractivity contribution in [2.24, 2.45) is 0 Å². The van der Waals surface area contributed by atoms with Crippen LogP contribution in [0, 0.1) is 0 Å². The molecule has 0 saturated heterocycles. The Morgan fingerprint density at radius 1 is 1.10 bits per heavy atom. The zero-order valence-corrected chi connectivity index (χ0v) is 16.9. The summed E-state index contributed by atoms with van der Waals surface area (Å²) < 4.78 is 7.19. The van der Waals surface area contributed by atoms with Gasteiger partial charge in [0.05, 0.1) is 18.3 Å². The van der Waals surface area contributed by atoms with E-state index in [2.05, 4.69) is 55.5 Å². The molecule has 3 aromatic rings. The van der Waals surface area contributed by atoms with Crippen molar-refractivity contribution in [1.29, 1.82) is 0 Å². The number of para-hydroxylation sites is 1. The molecule has 0 aliphatic rings. The minimum atomic E-state index is -0.324. The Morgan fingerprint density at radius 2 is 1.83 bits per heavy atom. The van der Waals surface area contributed by atoms with Gasteiger partial charge in [0.25, 0.3) is 5.91 Å². The minimum Gasteiger partial charge on any atom is -0.483 e. The molecule has 0 aliphatic heterocycles. The van der Waals surface area contributed by atoms with Crippen molar-refractivity contribution in [2.75, 3.05) is 11.9 Å². The lowest BCUT2D eigenvalue weighted by molar-refractivity contribution is -0.118. The Hall–Kier alpha value is -3.41. The largest absolute Gasteiger partial charge is 0.483 e. The fourth-order valence-electron chi connectivity index (χ4n) is 2.88. The first-order valence-corrected chi connectivity index (χ1v) is 9.45. The van der Waals surface area contributed by atoms with E-state index in [0.29, 0.717) is 30.0 Å². The fraction of sp³-hybridized carbons (Fsp3) is 0.261. The van der Waals surface area contributed by atoms with Gasteiger partial charge in [0.2, 0.25) is 0 Å². The molecule has 29 heavy (non-hydrogen) atoms. The number of hydrogen-bond donors (Lipinski definition) is 1. The van der Waals surface area contributed by atoms with Crippen LogP contribution in [0.4, 0.5) is 5.82 Å². The average Bonchev–Trinajstić information content (AvgIpc) is 3.12. The third-order valence-electron chi connectivity index (χ3n) is 4.54. The Balaban J connectivity index is 1.61. The number of aromatic nitrogens is 2. The van der Waals surface area contributed by atoms with Gasteiger partial charge in [-0.3, -0.25) is 9.59 Å². The molecular formula is C23H25N3O3. The Morgan fingerprint density at radius 3 is 2.52 bits per heavy atom. The molecule has 0 radical (unpaired) electrons. The molecular weight excluding hydrogens is 366 g/mol. The second kappa shape index (κ2) is 8.73. The number of anilines is 1. The zero-order chi connectivity index (χ0) is 20.9. The van der Waals surface area contributed by atoms with E-state index in [1.54, 1.807) is 41.2 Å². The normalized spacial score (nSPS) is 11.1. The summed E-state index contributed by atoms with van der Waals surface area (Å²) in [6.07, 6.45) is 2.34. The smallest absolute Gasteiger partial charge is 0.263 e. The van der Waals surface area contributed by atoms with Crippen LogP contribution in [0.3, 0.4) is 0 Å². The third-order valence-corrected chi connectivity index (χ3v) is 4.54. The van der Waals surface area contributed by atoms with Crippen LogP contribution in [0.15, 0.2) is 60.8 Å². The van der Waals surface area contributed by atoms with Crippen molar-refractivity contribution >= 4 is 18.0 Å². The van der Waals surface area contributed by atoms with Gasteiger partial charge in [0, 0.05) is 6.07 Å². The maximum Gasteiger partial charge on any atom is 0.263 e. The van der Waals surface area contributed by atoms with Crippen LogP contribution in [-0.2, 0) is 16.8 Å². The van der Waals surface area contributed by atoms with Gasteiger partial charge in [-0.15, -0.1) is 0 Å². The van der Waals surface area contributed by atoms with Crippen molar-refractivity contribution < 1.29 is 14.3 Å². The summed E-state index contributed by atoms with van der Waals surface area (Å²) in [6.45, 7) is 6.88. The van der Waals surface area contributed by atoms with Crippen molar-refractivity contribution in [1.82, 2.24) is 9.78 Å². The van der Waals surface area contributed by atoms with Crippen molar-refractivity contribution in [3.8, 4) is 5.75 Å². The molecule has 1 amide bonds. The highest BCUT2D eigenvalue weighted by molar-refractivity contribution is 5.91. The van der Waals surface area contributed by atoms with Gasteiger partial charge in [-0.2, -0.15) is 5.10 Å². The Bertz CT molecular complexity index is 985. The van der Waals surface area contributed by atoms with Gasteiger partial charge in [-0.25, -0.2) is 4.68 Å². The predicted octanol–water partition coefficient (Wildman–Crippen LogP) is 4.06. The standard InChI is InChI=1S/C23H25N3O3/c1-23(2,3)19-10-8-17(9-11-19)14-26-21(12-13-24-26)25-22(28)16-29-20-7-5-4-6-18(20)15-27/h4-13,15H,14,16H2,1-3H3,(H,25,28). The number of carbonyl (C=O) groups is 2. The monoisotopic (exact) mass is 391 g/mol. The molecule has 0 unspecified atom stereocenters. The number of rotatable bonds is 7. The van der Waals surface area contributed by atoms with E-state index < -0.39 is 0 Å². The van der Waals surface area contributed by atoms with Crippen molar-refractivity contribution in [3.05, 3.63) is 77.5 Å². The van der Waals surface area contributed by atoms with Crippen LogP contribution in [0.2, 0.25) is 0 Å². The lowest BCUT2D eigenvalue weighted by atomic mass is 9.87. The molecule has 1 N–H and O–H groups in total. The fourth-order valence-corrected chi connectivity index (χ4v) is 2.88. The number of ether oxygens (including phenoxy) is 1. The van der Waals surface area contributed by atoms with Crippen LogP contribution in [0.5, 0.6) is 5.75 Å². The van der Waals surface area contributed by atoms with Gasteiger partial charge in [0.1, 0.15) is 11.6 Å². The number of nitrogens with zero attached hydrogens (tertiary/aromatic N) is 2. The van der Waals surface area contributed by atoms with E-state index in [4.69, 9.17) is 4.74 Å². The molecule has 0 bridgehead atoms. The topological polar surface area (TPSA) is 73.2 Å². The minimum absolute atomic E-state index is 0.103. The first-order valence-electron chi connectivity index (χ1n) is 9.45. The van der Waals surface area contributed by atoms with E-state index in [9.17, 15) is 9.59 Å². The molecule has 0 atom stereocenters. The Labute approximate surface area is 170 Å². The zero-order valence-electron chi connectivity index (χ0n) is 16.9. The van der Waals surface area contributed by atoms with Crippen LogP contribution in [0.1, 0.15) is 42.3 Å². The van der Waals surface area contributed by atoms with E-state index in [1.807, 2.05) is 0 Å². The molecule has 1 aromatic heterocycles. The molecule has 150 valence electrons. The lowest BCUT2D eigenvalue weighted by Gasteiger charge is -2.19. The second-order valence-electron chi connectivity index (χ2n) is 7.81. The summed E-state index contributed by atoms with van der Waals surface area (Å²) in [7, 11) is 0. The molecule has 6 nitrogen and oxygen atoms in total. The lowest BCUT2D eigenvalue weighted by Crippen LogP contribution is -2.22. The van der Waals surface area contributed by atoms with E-state index in [0.717, 1.165) is 5.56 Å². The SMILES string of the molecule is CC(C)(C)c1ccc(Cn2nccc2NC(=O)COc2ccccc2C=O)cc1. The van der Waals surface area contributed by atoms with E-state index in [-0.39, 0.29) is 17.9 Å². The van der Waals surface area contributed by atoms with Crippen LogP contribution >= 0.6 is 0 Å². The first kappa shape index (κ1) is 20.3. The van der Waals surface area contributed by atoms with Gasteiger partial charge in [-0.1, -0.05) is 57.2 Å². The summed E-state index contributed by atoms with van der Waals surface area (Å²) in [5.41, 5.74) is 2.87. The van der Waals surface area contributed by atoms with Crippen molar-refractivity contribution in [2.45, 2.75) is 32.7 Å². The number of amides is 1. The summed E-state index contributed by atoms with van der Waals surface area (Å²) in [5.74, 6) is 0.641. The van der Waals surface area contributed by atoms with Gasteiger partial charge in [-0.05, 0) is 28.7 Å². The van der Waals surface area contributed by atoms with Gasteiger partial charge >= 0.3 is 0 Å². The number of nitrogens with one attached hydrogen (secondary N) is 1. The molecule has 2 aromatic carbocycles. The second-order valence-corrected chi connectivity index (χ2v) is 7.81. The summed E-state index contributed by atoms with van der Waals surface area (Å²) in [6, 6.07) is 16.9. The maximum atomic E-state index is 12.3. The molecule has 1 heterocycles. The summed E-state index contributed by atoms with van der Waals surface area (Å²) >= 11 is 0.